The van der Waals surface area contributed by atoms with Crippen molar-refractivity contribution < 1.29 is 9.90 Å². The van der Waals surface area contributed by atoms with Gasteiger partial charge in [0.1, 0.15) is 0 Å². The molecule has 1 heterocycles. The molecule has 4 nitrogen and oxygen atoms in total. The first-order valence-corrected chi connectivity index (χ1v) is 8.67. The van der Waals surface area contributed by atoms with Crippen LogP contribution >= 0.6 is 11.3 Å². The summed E-state index contributed by atoms with van der Waals surface area (Å²) in [5.41, 5.74) is 3.25. The quantitative estimate of drug-likeness (QED) is 0.808. The number of carbonyl (C=O) groups excluding carboxylic acids is 1. The largest absolute Gasteiger partial charge is 0.390 e. The second kappa shape index (κ2) is 6.34. The van der Waals surface area contributed by atoms with E-state index in [9.17, 15) is 9.90 Å². The molecule has 1 aromatic carbocycles. The number of fused-ring (bicyclic) bond motifs is 1. The molecule has 5 heteroatoms. The number of nitrogens with one attached hydrogen (secondary N) is 2. The summed E-state index contributed by atoms with van der Waals surface area (Å²) < 4.78 is 0. The van der Waals surface area contributed by atoms with Crippen LogP contribution in [-0.2, 0) is 6.42 Å². The van der Waals surface area contributed by atoms with Gasteiger partial charge in [0.2, 0.25) is 0 Å². The Kier molecular flexibility index (Phi) is 4.41. The first-order valence-electron chi connectivity index (χ1n) is 7.85. The highest BCUT2D eigenvalue weighted by Crippen LogP contribution is 2.31. The monoisotopic (exact) mass is 330 g/mol. The summed E-state index contributed by atoms with van der Waals surface area (Å²) in [7, 11) is 0. The van der Waals surface area contributed by atoms with Crippen LogP contribution in [-0.4, -0.2) is 17.2 Å². The van der Waals surface area contributed by atoms with E-state index in [-0.39, 0.29) is 18.1 Å². The molecular formula is C18H22N2O2S. The van der Waals surface area contributed by atoms with Gasteiger partial charge in [0.25, 0.3) is 0 Å². The lowest BCUT2D eigenvalue weighted by Gasteiger charge is -2.21. The Labute approximate surface area is 140 Å². The molecule has 1 aromatic heterocycles. The molecule has 0 saturated carbocycles. The normalized spacial score (nSPS) is 20.9. The third-order valence-electron chi connectivity index (χ3n) is 4.38. The summed E-state index contributed by atoms with van der Waals surface area (Å²) in [6.45, 7) is 6.12. The summed E-state index contributed by atoms with van der Waals surface area (Å²) in [4.78, 5) is 14.8. The van der Waals surface area contributed by atoms with Crippen LogP contribution in [0.15, 0.2) is 30.3 Å². The minimum absolute atomic E-state index is 0.0614. The van der Waals surface area contributed by atoms with Crippen molar-refractivity contribution in [2.45, 2.75) is 45.4 Å². The zero-order chi connectivity index (χ0) is 16.6. The van der Waals surface area contributed by atoms with Gasteiger partial charge in [-0.3, -0.25) is 0 Å². The zero-order valence-corrected chi connectivity index (χ0v) is 14.4. The van der Waals surface area contributed by atoms with Gasteiger partial charge in [-0.15, -0.1) is 11.3 Å². The molecule has 2 amide bonds. The molecule has 1 aliphatic carbocycles. The fourth-order valence-corrected chi connectivity index (χ4v) is 4.31. The van der Waals surface area contributed by atoms with Crippen molar-refractivity contribution in [3.8, 4) is 0 Å². The summed E-state index contributed by atoms with van der Waals surface area (Å²) in [6.07, 6.45) is 0.0121. The second-order valence-electron chi connectivity index (χ2n) is 6.16. The molecule has 3 rings (SSSR count). The summed E-state index contributed by atoms with van der Waals surface area (Å²) >= 11 is 1.74. The standard InChI is InChI=1S/C18H22N2O2S/c1-10-8-15(12(3)23-10)11(2)19-18(22)20-17-14-7-5-4-6-13(14)9-16(17)21/h4-8,11,16-17,21H,9H2,1-3H3,(H2,19,20,22). The number of amides is 2. The van der Waals surface area contributed by atoms with Crippen LogP contribution in [0.25, 0.3) is 0 Å². The van der Waals surface area contributed by atoms with Crippen molar-refractivity contribution in [3.05, 3.63) is 56.8 Å². The highest BCUT2D eigenvalue weighted by Gasteiger charge is 2.32. The van der Waals surface area contributed by atoms with E-state index >= 15 is 0 Å². The Balaban J connectivity index is 1.67. The molecule has 0 aliphatic heterocycles. The minimum atomic E-state index is -0.571. The maximum Gasteiger partial charge on any atom is 0.315 e. The molecule has 0 bridgehead atoms. The molecule has 0 radical (unpaired) electrons. The van der Waals surface area contributed by atoms with E-state index in [0.29, 0.717) is 6.42 Å². The molecule has 0 fully saturated rings. The van der Waals surface area contributed by atoms with Crippen molar-refractivity contribution in [2.24, 2.45) is 0 Å². The van der Waals surface area contributed by atoms with Crippen LogP contribution < -0.4 is 10.6 Å². The highest BCUT2D eigenvalue weighted by molar-refractivity contribution is 7.12. The Morgan fingerprint density at radius 2 is 2.09 bits per heavy atom. The Hall–Kier alpha value is -1.85. The average molecular weight is 330 g/mol. The van der Waals surface area contributed by atoms with E-state index < -0.39 is 6.10 Å². The molecule has 2 aromatic rings. The number of aryl methyl sites for hydroxylation is 2. The topological polar surface area (TPSA) is 61.4 Å². The van der Waals surface area contributed by atoms with E-state index in [2.05, 4.69) is 30.5 Å². The molecule has 3 N–H and O–H groups in total. The van der Waals surface area contributed by atoms with Gasteiger partial charge in [0.05, 0.1) is 18.2 Å². The van der Waals surface area contributed by atoms with E-state index in [1.165, 1.54) is 9.75 Å². The maximum atomic E-state index is 12.3. The predicted octanol–water partition coefficient (Wildman–Crippen LogP) is 3.38. The van der Waals surface area contributed by atoms with Crippen molar-refractivity contribution in [1.29, 1.82) is 0 Å². The molecule has 23 heavy (non-hydrogen) atoms. The van der Waals surface area contributed by atoms with Gasteiger partial charge in [-0.2, -0.15) is 0 Å². The van der Waals surface area contributed by atoms with Gasteiger partial charge in [0, 0.05) is 16.2 Å². The van der Waals surface area contributed by atoms with Gasteiger partial charge >= 0.3 is 6.03 Å². The number of aliphatic hydroxyl groups is 1. The number of hydrogen-bond donors (Lipinski definition) is 3. The maximum absolute atomic E-state index is 12.3. The lowest BCUT2D eigenvalue weighted by Crippen LogP contribution is -2.41. The van der Waals surface area contributed by atoms with E-state index in [4.69, 9.17) is 0 Å². The Morgan fingerprint density at radius 1 is 1.35 bits per heavy atom. The molecular weight excluding hydrogens is 308 g/mol. The van der Waals surface area contributed by atoms with Crippen LogP contribution in [0.3, 0.4) is 0 Å². The first kappa shape index (κ1) is 16.0. The number of thiophene rings is 1. The zero-order valence-electron chi connectivity index (χ0n) is 13.6. The summed E-state index contributed by atoms with van der Waals surface area (Å²) in [5.74, 6) is 0. The van der Waals surface area contributed by atoms with E-state index in [0.717, 1.165) is 16.7 Å². The van der Waals surface area contributed by atoms with Gasteiger partial charge in [0.15, 0.2) is 0 Å². The second-order valence-corrected chi connectivity index (χ2v) is 7.62. The van der Waals surface area contributed by atoms with Crippen molar-refractivity contribution >= 4 is 17.4 Å². The first-order chi connectivity index (χ1) is 11.0. The van der Waals surface area contributed by atoms with Crippen LogP contribution in [0.1, 0.15) is 45.5 Å². The van der Waals surface area contributed by atoms with Crippen molar-refractivity contribution in [1.82, 2.24) is 10.6 Å². The highest BCUT2D eigenvalue weighted by atomic mass is 32.1. The predicted molar refractivity (Wildman–Crippen MR) is 92.8 cm³/mol. The van der Waals surface area contributed by atoms with Gasteiger partial charge in [-0.05, 0) is 43.5 Å². The number of urea groups is 1. The Bertz CT molecular complexity index is 726. The molecule has 3 atom stereocenters. The van der Waals surface area contributed by atoms with Crippen LogP contribution in [0.4, 0.5) is 4.79 Å². The van der Waals surface area contributed by atoms with E-state index in [1.54, 1.807) is 11.3 Å². The molecule has 3 unspecified atom stereocenters. The van der Waals surface area contributed by atoms with Gasteiger partial charge in [-0.1, -0.05) is 24.3 Å². The van der Waals surface area contributed by atoms with Crippen molar-refractivity contribution in [2.75, 3.05) is 0 Å². The lowest BCUT2D eigenvalue weighted by molar-refractivity contribution is 0.142. The van der Waals surface area contributed by atoms with Crippen molar-refractivity contribution in [3.63, 3.8) is 0 Å². The molecule has 1 aliphatic rings. The van der Waals surface area contributed by atoms with Gasteiger partial charge in [-0.25, -0.2) is 4.79 Å². The SMILES string of the molecule is Cc1cc(C(C)NC(=O)NC2c3ccccc3CC2O)c(C)s1. The third kappa shape index (κ3) is 3.26. The molecule has 122 valence electrons. The van der Waals surface area contributed by atoms with E-state index in [1.807, 2.05) is 31.2 Å². The van der Waals surface area contributed by atoms with Crippen LogP contribution in [0, 0.1) is 13.8 Å². The molecule has 0 saturated heterocycles. The fraction of sp³-hybridized carbons (Fsp3) is 0.389. The lowest BCUT2D eigenvalue weighted by atomic mass is 10.1. The number of benzene rings is 1. The number of aliphatic hydroxyl groups excluding tert-OH is 1. The fourth-order valence-electron chi connectivity index (χ4n) is 3.29. The number of carbonyl (C=O) groups is 1. The average Bonchev–Trinajstić information content (AvgIpc) is 2.99. The smallest absolute Gasteiger partial charge is 0.315 e. The van der Waals surface area contributed by atoms with Crippen LogP contribution in [0.5, 0.6) is 0 Å². The number of hydrogen-bond acceptors (Lipinski definition) is 3. The minimum Gasteiger partial charge on any atom is -0.390 e. The summed E-state index contributed by atoms with van der Waals surface area (Å²) in [5, 5.41) is 16.1. The number of rotatable bonds is 3. The summed E-state index contributed by atoms with van der Waals surface area (Å²) in [6, 6.07) is 9.32. The Morgan fingerprint density at radius 3 is 2.78 bits per heavy atom. The molecule has 0 spiro atoms. The van der Waals surface area contributed by atoms with Crippen LogP contribution in [0.2, 0.25) is 0 Å². The van der Waals surface area contributed by atoms with Gasteiger partial charge < -0.3 is 15.7 Å². The third-order valence-corrected chi connectivity index (χ3v) is 5.37.